The molecular weight excluding hydrogens is 378 g/mol. The average molecular weight is 401 g/mol. The number of hydrogen-bond donors (Lipinski definition) is 2. The third-order valence-corrected chi connectivity index (χ3v) is 5.50. The molecule has 1 aliphatic rings. The number of oxazole rings is 1. The van der Waals surface area contributed by atoms with Gasteiger partial charge >= 0.3 is 0 Å². The second kappa shape index (κ2) is 7.67. The van der Waals surface area contributed by atoms with E-state index < -0.39 is 0 Å². The van der Waals surface area contributed by atoms with E-state index in [1.807, 2.05) is 43.3 Å². The number of anilines is 2. The van der Waals surface area contributed by atoms with Crippen molar-refractivity contribution in [3.63, 3.8) is 0 Å². The second-order valence-electron chi connectivity index (χ2n) is 7.80. The molecule has 0 spiro atoms. The van der Waals surface area contributed by atoms with Crippen LogP contribution in [0.25, 0.3) is 16.8 Å². The molecule has 3 aromatic heterocycles. The number of nitrogens with one attached hydrogen (secondary N) is 2. The van der Waals surface area contributed by atoms with Crippen molar-refractivity contribution < 1.29 is 4.42 Å². The van der Waals surface area contributed by atoms with Gasteiger partial charge in [0.15, 0.2) is 5.58 Å². The third-order valence-electron chi connectivity index (χ3n) is 5.50. The zero-order valence-electron chi connectivity index (χ0n) is 16.7. The van der Waals surface area contributed by atoms with Crippen LogP contribution in [0.1, 0.15) is 24.8 Å². The van der Waals surface area contributed by atoms with Crippen molar-refractivity contribution >= 4 is 22.9 Å². The minimum absolute atomic E-state index is 0.0703. The lowest BCUT2D eigenvalue weighted by Gasteiger charge is -2.15. The van der Waals surface area contributed by atoms with E-state index in [1.165, 1.54) is 6.07 Å². The van der Waals surface area contributed by atoms with E-state index in [9.17, 15) is 4.79 Å². The van der Waals surface area contributed by atoms with E-state index in [2.05, 4.69) is 20.6 Å². The molecule has 0 bridgehead atoms. The van der Waals surface area contributed by atoms with Gasteiger partial charge in [-0.1, -0.05) is 12.1 Å². The smallest absolute Gasteiger partial charge is 0.295 e. The molecule has 1 aromatic carbocycles. The second-order valence-corrected chi connectivity index (χ2v) is 7.80. The topological polar surface area (TPSA) is 85.0 Å². The Morgan fingerprint density at radius 3 is 2.73 bits per heavy atom. The van der Waals surface area contributed by atoms with Gasteiger partial charge in [-0.15, -0.1) is 0 Å². The molecule has 1 saturated carbocycles. The Hall–Kier alpha value is -3.61. The fraction of sp³-hybridized carbons (Fsp3) is 0.261. The van der Waals surface area contributed by atoms with E-state index >= 15 is 0 Å². The fourth-order valence-corrected chi connectivity index (χ4v) is 3.98. The normalized spacial score (nSPS) is 18.6. The summed E-state index contributed by atoms with van der Waals surface area (Å²) in [4.78, 5) is 21.0. The van der Waals surface area contributed by atoms with Gasteiger partial charge in [0.2, 0.25) is 0 Å². The number of aryl methyl sites for hydroxylation is 1. The largest absolute Gasteiger partial charge is 0.424 e. The highest BCUT2D eigenvalue weighted by Crippen LogP contribution is 2.27. The molecule has 30 heavy (non-hydrogen) atoms. The number of hydrogen-bond acceptors (Lipinski definition) is 6. The van der Waals surface area contributed by atoms with Gasteiger partial charge < -0.3 is 15.1 Å². The molecule has 1 fully saturated rings. The van der Waals surface area contributed by atoms with E-state index in [1.54, 1.807) is 23.0 Å². The molecule has 2 atom stereocenters. The van der Waals surface area contributed by atoms with Crippen LogP contribution in [0.4, 0.5) is 11.8 Å². The molecule has 5 rings (SSSR count). The molecule has 0 radical (unpaired) electrons. The SMILES string of the molecule is Cc1ccc2nc(N[C@H]3CC[C@H](Nc4ccc(-n5ccccc5=O)cn4)C3)oc2c1. The number of benzene rings is 1. The van der Waals surface area contributed by atoms with Gasteiger partial charge in [0.25, 0.3) is 11.6 Å². The summed E-state index contributed by atoms with van der Waals surface area (Å²) in [5.74, 6) is 0.811. The van der Waals surface area contributed by atoms with Crippen LogP contribution in [-0.2, 0) is 0 Å². The van der Waals surface area contributed by atoms with Crippen molar-refractivity contribution in [3.05, 3.63) is 76.8 Å². The first-order valence-corrected chi connectivity index (χ1v) is 10.2. The van der Waals surface area contributed by atoms with Crippen LogP contribution in [0.3, 0.4) is 0 Å². The van der Waals surface area contributed by atoms with Crippen LogP contribution in [0.15, 0.2) is 70.1 Å². The van der Waals surface area contributed by atoms with Crippen LogP contribution >= 0.6 is 0 Å². The molecule has 2 N–H and O–H groups in total. The monoisotopic (exact) mass is 401 g/mol. The van der Waals surface area contributed by atoms with Gasteiger partial charge in [0.05, 0.1) is 11.9 Å². The standard InChI is InChI=1S/C23H23N5O2/c1-15-5-9-19-20(12-15)30-23(27-19)26-17-7-6-16(13-17)25-21-10-8-18(14-24-21)28-11-3-2-4-22(28)29/h2-5,8-12,14,16-17H,6-7,13H2,1H3,(H,24,25)(H,26,27)/t16-,17-/m0/s1. The average Bonchev–Trinajstić information content (AvgIpc) is 3.35. The van der Waals surface area contributed by atoms with Gasteiger partial charge in [-0.2, -0.15) is 4.98 Å². The lowest BCUT2D eigenvalue weighted by Crippen LogP contribution is -2.21. The lowest BCUT2D eigenvalue weighted by molar-refractivity contribution is 0.592. The Kier molecular flexibility index (Phi) is 4.71. The summed E-state index contributed by atoms with van der Waals surface area (Å²) in [6.07, 6.45) is 6.49. The first-order chi connectivity index (χ1) is 14.6. The number of pyridine rings is 2. The predicted molar refractivity (Wildman–Crippen MR) is 117 cm³/mol. The molecule has 0 saturated heterocycles. The van der Waals surface area contributed by atoms with Gasteiger partial charge in [-0.25, -0.2) is 4.98 Å². The maximum Gasteiger partial charge on any atom is 0.295 e. The van der Waals surface area contributed by atoms with Crippen molar-refractivity contribution in [1.82, 2.24) is 14.5 Å². The first kappa shape index (κ1) is 18.4. The van der Waals surface area contributed by atoms with Crippen LogP contribution in [0.5, 0.6) is 0 Å². The van der Waals surface area contributed by atoms with E-state index in [0.717, 1.165) is 47.4 Å². The maximum absolute atomic E-state index is 11.9. The van der Waals surface area contributed by atoms with Crippen LogP contribution in [-0.4, -0.2) is 26.6 Å². The minimum atomic E-state index is -0.0703. The minimum Gasteiger partial charge on any atom is -0.424 e. The zero-order chi connectivity index (χ0) is 20.5. The Bertz CT molecular complexity index is 1230. The Balaban J connectivity index is 1.21. The van der Waals surface area contributed by atoms with E-state index in [0.29, 0.717) is 18.1 Å². The summed E-state index contributed by atoms with van der Waals surface area (Å²) in [7, 11) is 0. The van der Waals surface area contributed by atoms with Crippen LogP contribution in [0.2, 0.25) is 0 Å². The van der Waals surface area contributed by atoms with Crippen LogP contribution < -0.4 is 16.2 Å². The number of rotatable bonds is 5. The van der Waals surface area contributed by atoms with Crippen molar-refractivity contribution in [3.8, 4) is 5.69 Å². The zero-order valence-corrected chi connectivity index (χ0v) is 16.7. The first-order valence-electron chi connectivity index (χ1n) is 10.2. The summed E-state index contributed by atoms with van der Waals surface area (Å²) in [6.45, 7) is 2.04. The molecule has 0 amide bonds. The highest BCUT2D eigenvalue weighted by atomic mass is 16.4. The summed E-state index contributed by atoms with van der Waals surface area (Å²) in [5.41, 5.74) is 3.53. The number of aromatic nitrogens is 3. The summed E-state index contributed by atoms with van der Waals surface area (Å²) in [6, 6.07) is 16.2. The Labute approximate surface area is 173 Å². The van der Waals surface area contributed by atoms with E-state index in [-0.39, 0.29) is 5.56 Å². The van der Waals surface area contributed by atoms with Gasteiger partial charge in [-0.3, -0.25) is 9.36 Å². The summed E-state index contributed by atoms with van der Waals surface area (Å²) in [5, 5.41) is 6.92. The Morgan fingerprint density at radius 2 is 1.93 bits per heavy atom. The van der Waals surface area contributed by atoms with Gasteiger partial charge in [0, 0.05) is 24.3 Å². The molecule has 7 heteroatoms. The van der Waals surface area contributed by atoms with Crippen molar-refractivity contribution in [1.29, 1.82) is 0 Å². The third kappa shape index (κ3) is 3.78. The molecule has 0 aliphatic heterocycles. The molecule has 4 aromatic rings. The molecular formula is C23H23N5O2. The number of nitrogens with zero attached hydrogens (tertiary/aromatic N) is 3. The van der Waals surface area contributed by atoms with Gasteiger partial charge in [0.1, 0.15) is 11.3 Å². The summed E-state index contributed by atoms with van der Waals surface area (Å²) < 4.78 is 7.42. The molecule has 1 aliphatic carbocycles. The quantitative estimate of drug-likeness (QED) is 0.523. The van der Waals surface area contributed by atoms with Crippen molar-refractivity contribution in [2.45, 2.75) is 38.3 Å². The number of fused-ring (bicyclic) bond motifs is 1. The summed E-state index contributed by atoms with van der Waals surface area (Å²) >= 11 is 0. The van der Waals surface area contributed by atoms with Crippen molar-refractivity contribution in [2.24, 2.45) is 0 Å². The van der Waals surface area contributed by atoms with E-state index in [4.69, 9.17) is 4.42 Å². The molecule has 3 heterocycles. The van der Waals surface area contributed by atoms with Gasteiger partial charge in [-0.05, 0) is 62.1 Å². The molecule has 152 valence electrons. The Morgan fingerprint density at radius 1 is 1.07 bits per heavy atom. The maximum atomic E-state index is 11.9. The fourth-order valence-electron chi connectivity index (χ4n) is 3.98. The predicted octanol–water partition coefficient (Wildman–Crippen LogP) is 4.13. The highest BCUT2D eigenvalue weighted by Gasteiger charge is 2.26. The molecule has 0 unspecified atom stereocenters. The van der Waals surface area contributed by atoms with Crippen molar-refractivity contribution in [2.75, 3.05) is 10.6 Å². The lowest BCUT2D eigenvalue weighted by atomic mass is 10.2. The molecule has 7 nitrogen and oxygen atoms in total. The van der Waals surface area contributed by atoms with Crippen LogP contribution in [0, 0.1) is 6.92 Å². The highest BCUT2D eigenvalue weighted by molar-refractivity contribution is 5.75.